The lowest BCUT2D eigenvalue weighted by atomic mass is 10.0. The quantitative estimate of drug-likeness (QED) is 0.616. The first-order valence-corrected chi connectivity index (χ1v) is 5.02. The van der Waals surface area contributed by atoms with Crippen molar-refractivity contribution in [2.75, 3.05) is 13.2 Å². The molecule has 0 aliphatic heterocycles. The fourth-order valence-electron chi connectivity index (χ4n) is 1.27. The Morgan fingerprint density at radius 2 is 2.53 bits per heavy atom. The summed E-state index contributed by atoms with van der Waals surface area (Å²) in [7, 11) is 0. The lowest BCUT2D eigenvalue weighted by Gasteiger charge is -2.13. The molecule has 6 nitrogen and oxygen atoms in total. The summed E-state index contributed by atoms with van der Waals surface area (Å²) in [4.78, 5) is 11.4. The molecule has 0 aliphatic carbocycles. The van der Waals surface area contributed by atoms with Crippen LogP contribution in [0.15, 0.2) is 6.20 Å². The minimum atomic E-state index is -0.236. The molecule has 1 rings (SSSR count). The maximum Gasteiger partial charge on any atom is 0.273 e. The van der Waals surface area contributed by atoms with Gasteiger partial charge in [-0.25, -0.2) is 0 Å². The first kappa shape index (κ1) is 11.6. The van der Waals surface area contributed by atoms with Gasteiger partial charge < -0.3 is 10.4 Å². The lowest BCUT2D eigenvalue weighted by Crippen LogP contribution is -2.29. The number of aromatic amines is 1. The Labute approximate surface area is 88.1 Å². The van der Waals surface area contributed by atoms with E-state index in [0.29, 0.717) is 18.9 Å². The van der Waals surface area contributed by atoms with Gasteiger partial charge in [0.2, 0.25) is 0 Å². The molecule has 0 spiro atoms. The Morgan fingerprint density at radius 3 is 3.07 bits per heavy atom. The number of aliphatic hydroxyl groups is 1. The second kappa shape index (κ2) is 6.13. The van der Waals surface area contributed by atoms with Gasteiger partial charge in [0, 0.05) is 13.2 Å². The first-order valence-electron chi connectivity index (χ1n) is 5.02. The molecule has 0 aliphatic rings. The van der Waals surface area contributed by atoms with Gasteiger partial charge in [-0.2, -0.15) is 15.4 Å². The van der Waals surface area contributed by atoms with Crippen LogP contribution in [0.1, 0.15) is 30.3 Å². The Balaban J connectivity index is 2.33. The van der Waals surface area contributed by atoms with Crippen molar-refractivity contribution in [3.63, 3.8) is 0 Å². The van der Waals surface area contributed by atoms with E-state index in [4.69, 9.17) is 5.11 Å². The molecule has 6 heteroatoms. The van der Waals surface area contributed by atoms with Crippen LogP contribution in [0.3, 0.4) is 0 Å². The second-order valence-corrected chi connectivity index (χ2v) is 3.35. The lowest BCUT2D eigenvalue weighted by molar-refractivity contribution is 0.0938. The number of H-pyrrole nitrogens is 1. The molecule has 1 aromatic heterocycles. The predicted octanol–water partition coefficient (Wildman–Crippen LogP) is -0.0569. The fourth-order valence-corrected chi connectivity index (χ4v) is 1.27. The van der Waals surface area contributed by atoms with Gasteiger partial charge in [0.05, 0.1) is 6.20 Å². The van der Waals surface area contributed by atoms with Crippen LogP contribution < -0.4 is 5.32 Å². The van der Waals surface area contributed by atoms with Crippen LogP contribution in [0, 0.1) is 5.92 Å². The number of nitrogens with zero attached hydrogens (tertiary/aromatic N) is 2. The van der Waals surface area contributed by atoms with E-state index in [1.165, 1.54) is 6.20 Å². The Bertz CT molecular complexity index is 286. The fraction of sp³-hybridized carbons (Fsp3) is 0.667. The smallest absolute Gasteiger partial charge is 0.273 e. The van der Waals surface area contributed by atoms with E-state index in [-0.39, 0.29) is 18.2 Å². The van der Waals surface area contributed by atoms with Crippen molar-refractivity contribution < 1.29 is 9.90 Å². The van der Waals surface area contributed by atoms with Gasteiger partial charge in [0.15, 0.2) is 5.69 Å². The van der Waals surface area contributed by atoms with Crippen LogP contribution >= 0.6 is 0 Å². The van der Waals surface area contributed by atoms with E-state index in [1.54, 1.807) is 0 Å². The molecule has 3 N–H and O–H groups in total. The highest BCUT2D eigenvalue weighted by Gasteiger charge is 2.11. The zero-order valence-corrected chi connectivity index (χ0v) is 8.73. The highest BCUT2D eigenvalue weighted by atomic mass is 16.3. The molecule has 1 heterocycles. The van der Waals surface area contributed by atoms with Crippen LogP contribution in [0.4, 0.5) is 0 Å². The molecule has 0 saturated heterocycles. The average molecular weight is 212 g/mol. The molecule has 15 heavy (non-hydrogen) atoms. The normalized spacial score (nSPS) is 12.4. The summed E-state index contributed by atoms with van der Waals surface area (Å²) in [6.45, 7) is 2.74. The standard InChI is InChI=1S/C9H16N4O2/c1-2-7(3-4-14)5-10-9(15)8-6-11-13-12-8/h6-7,14H,2-5H2,1H3,(H,10,15)(H,11,12,13). The molecule has 0 aromatic carbocycles. The number of rotatable bonds is 6. The van der Waals surface area contributed by atoms with Crippen molar-refractivity contribution in [1.82, 2.24) is 20.7 Å². The summed E-state index contributed by atoms with van der Waals surface area (Å²) in [5.41, 5.74) is 0.286. The topological polar surface area (TPSA) is 90.9 Å². The summed E-state index contributed by atoms with van der Waals surface area (Å²) < 4.78 is 0. The number of nitrogens with one attached hydrogen (secondary N) is 2. The van der Waals surface area contributed by atoms with Crippen LogP contribution in [-0.2, 0) is 0 Å². The summed E-state index contributed by atoms with van der Waals surface area (Å²) >= 11 is 0. The first-order chi connectivity index (χ1) is 7.27. The average Bonchev–Trinajstić information content (AvgIpc) is 2.77. The van der Waals surface area contributed by atoms with Gasteiger partial charge in [0.1, 0.15) is 0 Å². The summed E-state index contributed by atoms with van der Waals surface area (Å²) in [6, 6.07) is 0. The van der Waals surface area contributed by atoms with Crippen LogP contribution in [-0.4, -0.2) is 39.6 Å². The number of aliphatic hydroxyl groups excluding tert-OH is 1. The van der Waals surface area contributed by atoms with Crippen molar-refractivity contribution in [3.8, 4) is 0 Å². The Hall–Kier alpha value is -1.43. The van der Waals surface area contributed by atoms with Crippen LogP contribution in [0.5, 0.6) is 0 Å². The molecule has 0 fully saturated rings. The van der Waals surface area contributed by atoms with Gasteiger partial charge >= 0.3 is 0 Å². The Kier molecular flexibility index (Phi) is 4.76. The highest BCUT2D eigenvalue weighted by Crippen LogP contribution is 2.05. The number of carbonyl (C=O) groups is 1. The van der Waals surface area contributed by atoms with E-state index < -0.39 is 0 Å². The molecule has 1 atom stereocenters. The molecule has 1 unspecified atom stereocenters. The van der Waals surface area contributed by atoms with Gasteiger partial charge in [-0.3, -0.25) is 4.79 Å². The highest BCUT2D eigenvalue weighted by molar-refractivity contribution is 5.91. The molecule has 0 radical (unpaired) electrons. The molecular weight excluding hydrogens is 196 g/mol. The maximum atomic E-state index is 11.4. The second-order valence-electron chi connectivity index (χ2n) is 3.35. The van der Waals surface area contributed by atoms with Gasteiger partial charge in [-0.1, -0.05) is 13.3 Å². The Morgan fingerprint density at radius 1 is 1.73 bits per heavy atom. The van der Waals surface area contributed by atoms with Gasteiger partial charge in [-0.05, 0) is 12.3 Å². The van der Waals surface area contributed by atoms with Crippen molar-refractivity contribution in [3.05, 3.63) is 11.9 Å². The van der Waals surface area contributed by atoms with E-state index in [0.717, 1.165) is 6.42 Å². The van der Waals surface area contributed by atoms with Crippen LogP contribution in [0.25, 0.3) is 0 Å². The SMILES string of the molecule is CCC(CCO)CNC(=O)c1cn[nH]n1. The zero-order valence-electron chi connectivity index (χ0n) is 8.73. The van der Waals surface area contributed by atoms with Gasteiger partial charge in [0.25, 0.3) is 5.91 Å². The number of hydrogen-bond acceptors (Lipinski definition) is 4. The van der Waals surface area contributed by atoms with Crippen molar-refractivity contribution >= 4 is 5.91 Å². The minimum Gasteiger partial charge on any atom is -0.396 e. The summed E-state index contributed by atoms with van der Waals surface area (Å²) in [5.74, 6) is 0.0750. The molecule has 1 amide bonds. The number of hydrogen-bond donors (Lipinski definition) is 3. The molecular formula is C9H16N4O2. The van der Waals surface area contributed by atoms with E-state index >= 15 is 0 Å². The summed E-state index contributed by atoms with van der Waals surface area (Å²) in [5, 5.41) is 21.1. The van der Waals surface area contributed by atoms with Crippen LogP contribution in [0.2, 0.25) is 0 Å². The van der Waals surface area contributed by atoms with Crippen molar-refractivity contribution in [1.29, 1.82) is 0 Å². The molecule has 0 bridgehead atoms. The summed E-state index contributed by atoms with van der Waals surface area (Å²) in [6.07, 6.45) is 3.01. The zero-order chi connectivity index (χ0) is 11.1. The van der Waals surface area contributed by atoms with Gasteiger partial charge in [-0.15, -0.1) is 0 Å². The predicted molar refractivity (Wildman–Crippen MR) is 54.2 cm³/mol. The third-order valence-corrected chi connectivity index (χ3v) is 2.31. The number of aromatic nitrogens is 3. The van der Waals surface area contributed by atoms with E-state index in [1.807, 2.05) is 6.92 Å². The van der Waals surface area contributed by atoms with Crippen molar-refractivity contribution in [2.24, 2.45) is 5.92 Å². The van der Waals surface area contributed by atoms with E-state index in [9.17, 15) is 4.79 Å². The third-order valence-electron chi connectivity index (χ3n) is 2.31. The largest absolute Gasteiger partial charge is 0.396 e. The monoisotopic (exact) mass is 212 g/mol. The third kappa shape index (κ3) is 3.67. The number of carbonyl (C=O) groups excluding carboxylic acids is 1. The van der Waals surface area contributed by atoms with E-state index in [2.05, 4.69) is 20.7 Å². The molecule has 0 saturated carbocycles. The minimum absolute atomic E-state index is 0.151. The van der Waals surface area contributed by atoms with Crippen molar-refractivity contribution in [2.45, 2.75) is 19.8 Å². The number of amides is 1. The molecule has 84 valence electrons. The molecule has 1 aromatic rings. The maximum absolute atomic E-state index is 11.4.